The Hall–Kier alpha value is -0.370. The van der Waals surface area contributed by atoms with Crippen LogP contribution < -0.4 is 0 Å². The van der Waals surface area contributed by atoms with Gasteiger partial charge in [-0.25, -0.2) is 0 Å². The Morgan fingerprint density at radius 1 is 1.71 bits per heavy atom. The van der Waals surface area contributed by atoms with E-state index in [4.69, 9.17) is 10.5 Å². The van der Waals surface area contributed by atoms with Crippen LogP contribution in [0.25, 0.3) is 0 Å². The van der Waals surface area contributed by atoms with E-state index < -0.39 is 0 Å². The highest BCUT2D eigenvalue weighted by Crippen LogP contribution is 2.07. The van der Waals surface area contributed by atoms with Gasteiger partial charge >= 0.3 is 0 Å². The van der Waals surface area contributed by atoms with Crippen LogP contribution in [-0.4, -0.2) is 17.9 Å². The van der Waals surface area contributed by atoms with E-state index in [1.54, 1.807) is 13.8 Å². The molecule has 0 aromatic rings. The molecule has 0 aromatic carbocycles. The molecule has 2 heteroatoms. The van der Waals surface area contributed by atoms with E-state index in [0.29, 0.717) is 0 Å². The molecule has 2 N–H and O–H groups in total. The molecule has 7 heavy (non-hydrogen) atoms. The Kier molecular flexibility index (Phi) is 1.96. The van der Waals surface area contributed by atoms with Gasteiger partial charge in [0.2, 0.25) is 0 Å². The summed E-state index contributed by atoms with van der Waals surface area (Å²) in [6.45, 7) is 3.66. The molecule has 0 saturated heterocycles. The summed E-state index contributed by atoms with van der Waals surface area (Å²) in [7, 11) is 0. The lowest BCUT2D eigenvalue weighted by molar-refractivity contribution is 0.216. The van der Waals surface area contributed by atoms with Gasteiger partial charge in [0, 0.05) is 11.6 Å². The van der Waals surface area contributed by atoms with Crippen LogP contribution in [0.15, 0.2) is 0 Å². The predicted octanol–water partition coefficient (Wildman–Crippen LogP) is 0.654. The second kappa shape index (κ2) is 2.07. The maximum atomic E-state index is 8.44. The Morgan fingerprint density at radius 2 is 2.14 bits per heavy atom. The van der Waals surface area contributed by atoms with Crippen molar-refractivity contribution in [1.82, 2.24) is 0 Å². The van der Waals surface area contributed by atoms with Crippen LogP contribution >= 0.6 is 0 Å². The third kappa shape index (κ3) is 2.34. The maximum absolute atomic E-state index is 8.44. The van der Waals surface area contributed by atoms with Crippen LogP contribution in [-0.2, 0) is 0 Å². The first-order valence-electron chi connectivity index (χ1n) is 2.25. The third-order valence-corrected chi connectivity index (χ3v) is 0.798. The van der Waals surface area contributed by atoms with Crippen LogP contribution in [0.3, 0.4) is 0 Å². The molecule has 0 saturated carbocycles. The second-order valence-electron chi connectivity index (χ2n) is 2.29. The lowest BCUT2D eigenvalue weighted by Crippen LogP contribution is -2.16. The highest BCUT2D eigenvalue weighted by atomic mass is 16.3. The minimum Gasteiger partial charge on any atom is -0.395 e. The summed E-state index contributed by atoms with van der Waals surface area (Å²) in [5.74, 6) is 0. The molecule has 0 aliphatic carbocycles. The topological polar surface area (TPSA) is 44.1 Å². The first-order valence-corrected chi connectivity index (χ1v) is 2.25. The molecule has 0 aromatic heterocycles. The van der Waals surface area contributed by atoms with Gasteiger partial charge in [0.05, 0.1) is 6.61 Å². The number of aliphatic hydroxyl groups excluding tert-OH is 1. The van der Waals surface area contributed by atoms with Gasteiger partial charge in [-0.3, -0.25) is 0 Å². The predicted molar refractivity (Wildman–Crippen MR) is 29.7 cm³/mol. The standard InChI is InChI=1S/C5H11NO/c1-5(2,3-6)4-7/h3,6-7H,4H2,1-2H3. The fourth-order valence-corrected chi connectivity index (χ4v) is 0.0456. The molecule has 0 spiro atoms. The van der Waals surface area contributed by atoms with E-state index in [0.717, 1.165) is 0 Å². The van der Waals surface area contributed by atoms with Crippen molar-refractivity contribution in [3.8, 4) is 0 Å². The van der Waals surface area contributed by atoms with E-state index in [1.165, 1.54) is 6.21 Å². The van der Waals surface area contributed by atoms with Gasteiger partial charge < -0.3 is 10.5 Å². The Morgan fingerprint density at radius 3 is 2.14 bits per heavy atom. The molecule has 0 bridgehead atoms. The monoisotopic (exact) mass is 101 g/mol. The molecular weight excluding hydrogens is 90.1 g/mol. The van der Waals surface area contributed by atoms with Gasteiger partial charge in [-0.05, 0) is 0 Å². The van der Waals surface area contributed by atoms with Crippen molar-refractivity contribution < 1.29 is 5.11 Å². The zero-order valence-electron chi connectivity index (χ0n) is 4.73. The van der Waals surface area contributed by atoms with Gasteiger partial charge in [0.15, 0.2) is 0 Å². The molecule has 0 aliphatic heterocycles. The number of hydrogen-bond donors (Lipinski definition) is 2. The number of rotatable bonds is 2. The molecule has 0 amide bonds. The van der Waals surface area contributed by atoms with E-state index >= 15 is 0 Å². The quantitative estimate of drug-likeness (QED) is 0.493. The Labute approximate surface area is 43.7 Å². The van der Waals surface area contributed by atoms with Crippen LogP contribution in [0, 0.1) is 10.8 Å². The molecule has 0 atom stereocenters. The van der Waals surface area contributed by atoms with E-state index in [1.807, 2.05) is 0 Å². The normalized spacial score (nSPS) is 11.3. The van der Waals surface area contributed by atoms with Crippen molar-refractivity contribution in [2.45, 2.75) is 13.8 Å². The summed E-state index contributed by atoms with van der Waals surface area (Å²) in [5, 5.41) is 15.2. The average Bonchev–Trinajstić information content (AvgIpc) is 1.68. The van der Waals surface area contributed by atoms with Gasteiger partial charge in [0.1, 0.15) is 0 Å². The number of nitrogens with one attached hydrogen (secondary N) is 1. The lowest BCUT2D eigenvalue weighted by atomic mass is 9.97. The van der Waals surface area contributed by atoms with Crippen LogP contribution in [0.1, 0.15) is 13.8 Å². The summed E-state index contributed by atoms with van der Waals surface area (Å²) in [6.07, 6.45) is 1.24. The Bertz CT molecular complexity index is 68.5. The van der Waals surface area contributed by atoms with Crippen LogP contribution in [0.2, 0.25) is 0 Å². The van der Waals surface area contributed by atoms with Crippen molar-refractivity contribution in [3.63, 3.8) is 0 Å². The van der Waals surface area contributed by atoms with E-state index in [-0.39, 0.29) is 12.0 Å². The molecule has 0 unspecified atom stereocenters. The first-order chi connectivity index (χ1) is 3.12. The Balaban J connectivity index is 3.58. The maximum Gasteiger partial charge on any atom is 0.0531 e. The fraction of sp³-hybridized carbons (Fsp3) is 0.800. The van der Waals surface area contributed by atoms with Gasteiger partial charge in [-0.15, -0.1) is 0 Å². The highest BCUT2D eigenvalue weighted by Gasteiger charge is 2.10. The number of hydrogen-bond acceptors (Lipinski definition) is 2. The zero-order valence-corrected chi connectivity index (χ0v) is 4.73. The number of aliphatic hydroxyl groups is 1. The largest absolute Gasteiger partial charge is 0.395 e. The molecule has 0 aliphatic rings. The van der Waals surface area contributed by atoms with E-state index in [9.17, 15) is 0 Å². The van der Waals surface area contributed by atoms with Gasteiger partial charge in [0.25, 0.3) is 0 Å². The summed E-state index contributed by atoms with van der Waals surface area (Å²) in [6, 6.07) is 0. The van der Waals surface area contributed by atoms with Gasteiger partial charge in [-0.1, -0.05) is 13.8 Å². The molecule has 2 nitrogen and oxygen atoms in total. The van der Waals surface area contributed by atoms with E-state index in [2.05, 4.69) is 0 Å². The first kappa shape index (κ1) is 6.63. The van der Waals surface area contributed by atoms with Crippen LogP contribution in [0.4, 0.5) is 0 Å². The third-order valence-electron chi connectivity index (χ3n) is 0.798. The lowest BCUT2D eigenvalue weighted by Gasteiger charge is -2.12. The molecule has 42 valence electrons. The van der Waals surface area contributed by atoms with Crippen molar-refractivity contribution in [2.75, 3.05) is 6.61 Å². The second-order valence-corrected chi connectivity index (χ2v) is 2.29. The summed E-state index contributed by atoms with van der Waals surface area (Å²) in [5.41, 5.74) is -0.319. The molecule has 0 rings (SSSR count). The minimum absolute atomic E-state index is 0.0521. The smallest absolute Gasteiger partial charge is 0.0531 e. The molecule has 0 radical (unpaired) electrons. The zero-order chi connectivity index (χ0) is 5.91. The fourth-order valence-electron chi connectivity index (χ4n) is 0.0456. The van der Waals surface area contributed by atoms with Gasteiger partial charge in [-0.2, -0.15) is 0 Å². The summed E-state index contributed by atoms with van der Waals surface area (Å²) in [4.78, 5) is 0. The van der Waals surface area contributed by atoms with Crippen LogP contribution in [0.5, 0.6) is 0 Å². The summed E-state index contributed by atoms with van der Waals surface area (Å²) < 4.78 is 0. The molecular formula is C5H11NO. The van der Waals surface area contributed by atoms with Crippen molar-refractivity contribution in [3.05, 3.63) is 0 Å². The minimum atomic E-state index is -0.319. The molecule has 0 fully saturated rings. The van der Waals surface area contributed by atoms with Crippen molar-refractivity contribution in [1.29, 1.82) is 5.41 Å². The average molecular weight is 101 g/mol. The van der Waals surface area contributed by atoms with Crippen molar-refractivity contribution in [2.24, 2.45) is 5.41 Å². The molecule has 0 heterocycles. The van der Waals surface area contributed by atoms with Crippen molar-refractivity contribution >= 4 is 6.21 Å². The summed E-state index contributed by atoms with van der Waals surface area (Å²) >= 11 is 0. The SMILES string of the molecule is CC(C)(C=N)CO. The highest BCUT2D eigenvalue weighted by molar-refractivity contribution is 5.60.